The summed E-state index contributed by atoms with van der Waals surface area (Å²) in [6, 6.07) is 13.7. The third-order valence-electron chi connectivity index (χ3n) is 5.07. The molecule has 2 aromatic rings. The number of hydrogen-bond donors (Lipinski definition) is 0. The van der Waals surface area contributed by atoms with Gasteiger partial charge in [-0.25, -0.2) is 0 Å². The van der Waals surface area contributed by atoms with E-state index >= 15 is 0 Å². The van der Waals surface area contributed by atoms with Crippen LogP contribution in [0.5, 0.6) is 0 Å². The van der Waals surface area contributed by atoms with Crippen molar-refractivity contribution in [3.05, 3.63) is 86.6 Å². The number of allylic oxidation sites excluding steroid dienone is 4. The van der Waals surface area contributed by atoms with Crippen molar-refractivity contribution in [2.75, 3.05) is 0 Å². The molecule has 0 N–H and O–H groups in total. The van der Waals surface area contributed by atoms with E-state index in [0.717, 1.165) is 6.42 Å². The van der Waals surface area contributed by atoms with Gasteiger partial charge in [0.25, 0.3) is 0 Å². The number of hydrogen-bond acceptors (Lipinski definition) is 0. The van der Waals surface area contributed by atoms with E-state index in [1.807, 2.05) is 0 Å². The fourth-order valence-corrected chi connectivity index (χ4v) is 6.43. The Morgan fingerprint density at radius 2 is 1.62 bits per heavy atom. The molecule has 0 aliphatic heterocycles. The molecule has 4 rings (SSSR count). The predicted octanol–water partition coefficient (Wildman–Crippen LogP) is 4.69. The van der Waals surface area contributed by atoms with Gasteiger partial charge in [-0.2, -0.15) is 0 Å². The molecule has 0 bridgehead atoms. The summed E-state index contributed by atoms with van der Waals surface area (Å²) in [6.07, 6.45) is 7.86. The predicted molar refractivity (Wildman–Crippen MR) is 101 cm³/mol. The van der Waals surface area contributed by atoms with Crippen molar-refractivity contribution in [2.24, 2.45) is 0 Å². The molecule has 0 nitrogen and oxygen atoms in total. The van der Waals surface area contributed by atoms with Gasteiger partial charge in [-0.1, -0.05) is 0 Å². The van der Waals surface area contributed by atoms with Crippen LogP contribution in [0.2, 0.25) is 10.5 Å². The number of rotatable bonds is 2. The van der Waals surface area contributed by atoms with Gasteiger partial charge >= 0.3 is 150 Å². The third kappa shape index (κ3) is 2.32. The van der Waals surface area contributed by atoms with Crippen LogP contribution in [0.25, 0.3) is 15.0 Å². The Morgan fingerprint density at radius 3 is 2.25 bits per heavy atom. The topological polar surface area (TPSA) is 0 Å². The van der Waals surface area contributed by atoms with Crippen molar-refractivity contribution in [1.29, 1.82) is 0 Å². The van der Waals surface area contributed by atoms with E-state index in [4.69, 9.17) is 0 Å². The van der Waals surface area contributed by atoms with Gasteiger partial charge in [-0.3, -0.25) is 0 Å². The van der Waals surface area contributed by atoms with Crippen molar-refractivity contribution in [1.82, 2.24) is 0 Å². The van der Waals surface area contributed by atoms with E-state index in [0.29, 0.717) is 0 Å². The van der Waals surface area contributed by atoms with Crippen molar-refractivity contribution in [3.63, 3.8) is 0 Å². The molecule has 0 radical (unpaired) electrons. The third-order valence-corrected chi connectivity index (χ3v) is 7.45. The second-order valence-corrected chi connectivity index (χ2v) is 11.1. The molecule has 0 saturated carbocycles. The van der Waals surface area contributed by atoms with Crippen LogP contribution < -0.4 is 10.4 Å². The Bertz CT molecular complexity index is 1110. The van der Waals surface area contributed by atoms with Crippen LogP contribution in [0.15, 0.2) is 54.6 Å². The Morgan fingerprint density at radius 1 is 0.875 bits per heavy atom. The van der Waals surface area contributed by atoms with E-state index < -0.39 is 17.9 Å². The normalized spacial score (nSPS) is 14.5. The minimum atomic E-state index is -1.25. The van der Waals surface area contributed by atoms with Gasteiger partial charge < -0.3 is 0 Å². The monoisotopic (exact) mass is 347 g/mol. The zero-order valence-electron chi connectivity index (χ0n) is 14.9. The fraction of sp³-hybridized carbons (Fsp3) is 0.217. The molecule has 0 amide bonds. The first kappa shape index (κ1) is 15.9. The Kier molecular flexibility index (Phi) is 3.99. The maximum atomic E-state index is 2.49. The quantitative estimate of drug-likeness (QED) is 0.692. The summed E-state index contributed by atoms with van der Waals surface area (Å²) in [7, 11) is 0. The maximum absolute atomic E-state index is 2.49. The first-order valence-electron chi connectivity index (χ1n) is 8.71. The summed E-state index contributed by atoms with van der Waals surface area (Å²) < 4.78 is 1.67. The molecule has 2 aliphatic rings. The van der Waals surface area contributed by atoms with Crippen LogP contribution in [0.4, 0.5) is 0 Å². The molecule has 119 valence electrons. The SMILES string of the molecule is CC(C)=c1ccc2c(c1C1=CC=CC1)[C]([Ti]([CH3])[CH3])=c1ccccc1=2. The molecule has 24 heavy (non-hydrogen) atoms. The van der Waals surface area contributed by atoms with Crippen molar-refractivity contribution in [2.45, 2.75) is 30.7 Å². The fourth-order valence-electron chi connectivity index (χ4n) is 4.06. The molecule has 0 atom stereocenters. The van der Waals surface area contributed by atoms with Gasteiger partial charge in [0.05, 0.1) is 0 Å². The van der Waals surface area contributed by atoms with Gasteiger partial charge in [0, 0.05) is 0 Å². The van der Waals surface area contributed by atoms with E-state index in [1.54, 1.807) is 9.44 Å². The molecule has 0 unspecified atom stereocenters. The average Bonchev–Trinajstić information content (AvgIpc) is 3.19. The number of fused-ring (bicyclic) bond motifs is 2. The first-order valence-corrected chi connectivity index (χ1v) is 12.6. The molecule has 0 aromatic heterocycles. The molecule has 1 heteroatoms. The van der Waals surface area contributed by atoms with Gasteiger partial charge in [-0.15, -0.1) is 0 Å². The first-order chi connectivity index (χ1) is 11.6. The summed E-state index contributed by atoms with van der Waals surface area (Å²) in [6.45, 7) is 4.48. The molecular formula is C23H23Ti. The van der Waals surface area contributed by atoms with Crippen LogP contribution in [-0.4, -0.2) is 0 Å². The van der Waals surface area contributed by atoms with Crippen LogP contribution in [0, 0.1) is 10.4 Å². The van der Waals surface area contributed by atoms with Crippen LogP contribution >= 0.6 is 0 Å². The summed E-state index contributed by atoms with van der Waals surface area (Å²) in [5.41, 5.74) is 5.93. The van der Waals surface area contributed by atoms with Crippen LogP contribution in [-0.2, 0) is 17.9 Å². The molecule has 2 aromatic carbocycles. The van der Waals surface area contributed by atoms with Gasteiger partial charge in [-0.05, 0) is 0 Å². The van der Waals surface area contributed by atoms with E-state index in [2.05, 4.69) is 78.9 Å². The second kappa shape index (κ2) is 6.03. The zero-order chi connectivity index (χ0) is 16.8. The van der Waals surface area contributed by atoms with Gasteiger partial charge in [0.15, 0.2) is 0 Å². The molecule has 0 heterocycles. The number of benzene rings is 2. The molecule has 0 fully saturated rings. The molecule has 0 saturated heterocycles. The summed E-state index contributed by atoms with van der Waals surface area (Å²) >= 11 is -1.25. The van der Waals surface area contributed by atoms with Crippen molar-refractivity contribution in [3.8, 4) is 0 Å². The van der Waals surface area contributed by atoms with Crippen molar-refractivity contribution < 1.29 is 17.9 Å². The standard InChI is InChI=1S/C21H17.2CH3.Ti/c1-14(2)17-11-12-19-18-10-6-5-9-16(18)13-20(19)21(17)15-7-3-4-8-15;;;/h3-7,9-12H,8H2,1-2H3;2*1H3;. The van der Waals surface area contributed by atoms with E-state index in [9.17, 15) is 0 Å². The summed E-state index contributed by atoms with van der Waals surface area (Å²) in [4.78, 5) is 0. The average molecular weight is 347 g/mol. The van der Waals surface area contributed by atoms with Crippen molar-refractivity contribution >= 4 is 15.0 Å². The Labute approximate surface area is 150 Å². The second-order valence-electron chi connectivity index (χ2n) is 7.16. The molecular weight excluding hydrogens is 324 g/mol. The Balaban J connectivity index is 2.26. The zero-order valence-corrected chi connectivity index (χ0v) is 16.5. The van der Waals surface area contributed by atoms with E-state index in [1.165, 1.54) is 37.6 Å². The minimum absolute atomic E-state index is 1.06. The van der Waals surface area contributed by atoms with Gasteiger partial charge in [0.2, 0.25) is 0 Å². The van der Waals surface area contributed by atoms with E-state index in [-0.39, 0.29) is 0 Å². The Hall–Kier alpha value is -1.63. The summed E-state index contributed by atoms with van der Waals surface area (Å²) in [5.74, 6) is 0. The van der Waals surface area contributed by atoms with Crippen LogP contribution in [0.3, 0.4) is 0 Å². The van der Waals surface area contributed by atoms with Crippen LogP contribution in [0.1, 0.15) is 31.4 Å². The van der Waals surface area contributed by atoms with Gasteiger partial charge in [0.1, 0.15) is 0 Å². The summed E-state index contributed by atoms with van der Waals surface area (Å²) in [5, 5.41) is 10.8. The molecule has 2 aliphatic carbocycles. The molecule has 0 spiro atoms.